The first-order valence-corrected chi connectivity index (χ1v) is 10.2. The van der Waals surface area contributed by atoms with E-state index in [2.05, 4.69) is 0 Å². The summed E-state index contributed by atoms with van der Waals surface area (Å²) < 4.78 is 5.50. The fourth-order valence-corrected chi connectivity index (χ4v) is 3.67. The first kappa shape index (κ1) is 30.1. The van der Waals surface area contributed by atoms with Crippen LogP contribution in [0.2, 0.25) is 5.02 Å². The van der Waals surface area contributed by atoms with Crippen LogP contribution in [-0.2, 0) is 4.79 Å². The Hall–Kier alpha value is -0.900. The van der Waals surface area contributed by atoms with Gasteiger partial charge in [-0.25, -0.2) is 0 Å². The van der Waals surface area contributed by atoms with Crippen molar-refractivity contribution in [3.8, 4) is 5.75 Å². The van der Waals surface area contributed by atoms with Gasteiger partial charge in [-0.15, -0.1) is 0 Å². The number of ether oxygens (including phenoxy) is 1. The van der Waals surface area contributed by atoms with Crippen LogP contribution in [-0.4, -0.2) is 51.7 Å². The van der Waals surface area contributed by atoms with Crippen LogP contribution in [0.25, 0.3) is 0 Å². The molecule has 0 bridgehead atoms. The smallest absolute Gasteiger partial charge is 0.550 e. The van der Waals surface area contributed by atoms with Crippen LogP contribution in [0.4, 0.5) is 0 Å². The van der Waals surface area contributed by atoms with Crippen molar-refractivity contribution >= 4 is 17.6 Å². The van der Waals surface area contributed by atoms with Crippen molar-refractivity contribution in [1.82, 2.24) is 0 Å². The van der Waals surface area contributed by atoms with Gasteiger partial charge < -0.3 is 35.4 Å². The van der Waals surface area contributed by atoms with Gasteiger partial charge in [0.05, 0.1) is 12.2 Å². The van der Waals surface area contributed by atoms with E-state index in [4.69, 9.17) is 16.3 Å². The van der Waals surface area contributed by atoms with Crippen molar-refractivity contribution in [2.45, 2.75) is 50.4 Å². The number of carboxylic acid groups (broad SMARTS) is 1. The van der Waals surface area contributed by atoms with Gasteiger partial charge in [0, 0.05) is 23.3 Å². The van der Waals surface area contributed by atoms with Gasteiger partial charge >= 0.3 is 29.6 Å². The van der Waals surface area contributed by atoms with Gasteiger partial charge in [0.1, 0.15) is 18.5 Å². The second-order valence-electron chi connectivity index (χ2n) is 7.30. The predicted molar refractivity (Wildman–Crippen MR) is 112 cm³/mol. The van der Waals surface area contributed by atoms with E-state index in [1.807, 2.05) is 12.2 Å². The number of aliphatic hydroxyl groups excluding tert-OH is 3. The molecule has 5 atom stereocenters. The molecule has 31 heavy (non-hydrogen) atoms. The minimum Gasteiger partial charge on any atom is -0.550 e. The number of carboxylic acids is 1. The summed E-state index contributed by atoms with van der Waals surface area (Å²) >= 11 is 5.89. The van der Waals surface area contributed by atoms with Crippen LogP contribution in [0, 0.1) is 11.8 Å². The van der Waals surface area contributed by atoms with Crippen LogP contribution >= 0.6 is 11.6 Å². The van der Waals surface area contributed by atoms with Gasteiger partial charge in [-0.3, -0.25) is 0 Å². The number of rotatable bonds is 11. The Labute approximate surface area is 210 Å². The molecule has 1 saturated carbocycles. The van der Waals surface area contributed by atoms with E-state index in [0.717, 1.165) is 0 Å². The van der Waals surface area contributed by atoms with E-state index in [1.165, 1.54) is 0 Å². The molecule has 0 amide bonds. The van der Waals surface area contributed by atoms with Crippen LogP contribution in [0.1, 0.15) is 32.1 Å². The number of allylic oxidation sites excluding steroid dienone is 2. The standard InChI is InChI=1S/C22H29ClO6.Na.H2O/c23-15-6-5-7-17(12-15)29-14-16(24)10-11-19-18(20(25)13-21(19)26)8-3-1-2-4-9-22(27)28;;/h1,3,5-7,10-12,16,18-21,24-26H,2,4,8-9,13-14H2,(H,27,28);;1H2/q;+1;/p-1/b3-1-,11-10+;;/t16-,18-,19-,20+,21-;;/m1../s1. The molecule has 0 heterocycles. The van der Waals surface area contributed by atoms with Crippen molar-refractivity contribution < 1.29 is 65.0 Å². The van der Waals surface area contributed by atoms with E-state index >= 15 is 0 Å². The fraction of sp³-hybridized carbons (Fsp3) is 0.500. The maximum atomic E-state index is 10.4. The summed E-state index contributed by atoms with van der Waals surface area (Å²) in [5.41, 5.74) is 0. The molecule has 0 radical (unpaired) electrons. The van der Waals surface area contributed by atoms with E-state index in [1.54, 1.807) is 36.4 Å². The molecule has 0 unspecified atom stereocenters. The Bertz CT molecular complexity index is 713. The number of aliphatic hydroxyl groups is 3. The van der Waals surface area contributed by atoms with Crippen molar-refractivity contribution in [2.24, 2.45) is 11.8 Å². The van der Waals surface area contributed by atoms with Gasteiger partial charge in [-0.1, -0.05) is 42.0 Å². The zero-order chi connectivity index (χ0) is 21.2. The molecular formula is C22H30ClNaO7. The molecule has 1 aliphatic rings. The number of carbonyl (C=O) groups is 1. The molecular weight excluding hydrogens is 435 g/mol. The average molecular weight is 465 g/mol. The average Bonchev–Trinajstić information content (AvgIpc) is 2.93. The molecule has 0 aromatic heterocycles. The fourth-order valence-electron chi connectivity index (χ4n) is 3.49. The molecule has 168 valence electrons. The Morgan fingerprint density at radius 3 is 2.71 bits per heavy atom. The third-order valence-electron chi connectivity index (χ3n) is 5.01. The first-order chi connectivity index (χ1) is 13.9. The number of hydrogen-bond donors (Lipinski definition) is 3. The van der Waals surface area contributed by atoms with Gasteiger partial charge in [0.2, 0.25) is 0 Å². The number of aliphatic carboxylic acids is 1. The number of benzene rings is 1. The molecule has 0 saturated heterocycles. The molecule has 0 spiro atoms. The zero-order valence-electron chi connectivity index (χ0n) is 17.7. The molecule has 9 heteroatoms. The van der Waals surface area contributed by atoms with E-state index in [-0.39, 0.29) is 66.3 Å². The summed E-state index contributed by atoms with van der Waals surface area (Å²) in [6.07, 6.45) is 6.93. The normalized spacial score (nSPS) is 24.0. The van der Waals surface area contributed by atoms with Gasteiger partial charge in [-0.2, -0.15) is 0 Å². The topological polar surface area (TPSA) is 142 Å². The van der Waals surface area contributed by atoms with Gasteiger partial charge in [0.25, 0.3) is 0 Å². The number of carbonyl (C=O) groups excluding carboxylic acids is 1. The number of unbranched alkanes of at least 4 members (excludes halogenated alkanes) is 1. The van der Waals surface area contributed by atoms with Gasteiger partial charge in [0.15, 0.2) is 0 Å². The molecule has 1 aromatic carbocycles. The SMILES string of the molecule is O.O=C([O-])CCC/C=C\C[C@@H]1[C@@H](/C=C/[C@@H](O)COc2cccc(Cl)c2)[C@H](O)C[C@@H]1O.[Na+]. The van der Waals surface area contributed by atoms with Gasteiger partial charge in [-0.05, 0) is 49.8 Å². The second kappa shape index (κ2) is 15.8. The molecule has 0 aliphatic heterocycles. The Morgan fingerprint density at radius 2 is 2.03 bits per heavy atom. The summed E-state index contributed by atoms with van der Waals surface area (Å²) in [6.45, 7) is 0.0468. The maximum Gasteiger partial charge on any atom is 1.00 e. The van der Waals surface area contributed by atoms with Crippen molar-refractivity contribution in [3.63, 3.8) is 0 Å². The Morgan fingerprint density at radius 1 is 1.29 bits per heavy atom. The summed E-state index contributed by atoms with van der Waals surface area (Å²) in [6, 6.07) is 6.89. The van der Waals surface area contributed by atoms with Crippen LogP contribution in [0.5, 0.6) is 5.75 Å². The van der Waals surface area contributed by atoms with E-state index < -0.39 is 24.3 Å². The summed E-state index contributed by atoms with van der Waals surface area (Å²) in [5, 5.41) is 41.6. The molecule has 5 N–H and O–H groups in total. The Balaban J connectivity index is 0.00000450. The zero-order valence-corrected chi connectivity index (χ0v) is 20.4. The van der Waals surface area contributed by atoms with Crippen molar-refractivity contribution in [3.05, 3.63) is 53.6 Å². The summed E-state index contributed by atoms with van der Waals surface area (Å²) in [4.78, 5) is 10.4. The maximum absolute atomic E-state index is 10.4. The minimum absolute atomic E-state index is 0. The summed E-state index contributed by atoms with van der Waals surface area (Å²) in [7, 11) is 0. The van der Waals surface area contributed by atoms with Crippen molar-refractivity contribution in [2.75, 3.05) is 6.61 Å². The molecule has 2 rings (SSSR count). The Kier molecular flexibility index (Phi) is 15.4. The first-order valence-electron chi connectivity index (χ1n) is 9.82. The van der Waals surface area contributed by atoms with Crippen LogP contribution in [0.3, 0.4) is 0 Å². The molecule has 1 aliphatic carbocycles. The molecule has 1 aromatic rings. The monoisotopic (exact) mass is 464 g/mol. The van der Waals surface area contributed by atoms with Crippen LogP contribution < -0.4 is 39.4 Å². The van der Waals surface area contributed by atoms with Crippen molar-refractivity contribution in [1.29, 1.82) is 0 Å². The third-order valence-corrected chi connectivity index (χ3v) is 5.25. The van der Waals surface area contributed by atoms with E-state index in [9.17, 15) is 25.2 Å². The summed E-state index contributed by atoms with van der Waals surface area (Å²) in [5.74, 6) is -0.947. The minimum atomic E-state index is -1.06. The van der Waals surface area contributed by atoms with Crippen LogP contribution in [0.15, 0.2) is 48.6 Å². The molecule has 7 nitrogen and oxygen atoms in total. The quantitative estimate of drug-likeness (QED) is 0.197. The third kappa shape index (κ3) is 11.0. The number of halogens is 1. The predicted octanol–water partition coefficient (Wildman–Crippen LogP) is -1.96. The van der Waals surface area contributed by atoms with E-state index in [0.29, 0.717) is 30.0 Å². The second-order valence-corrected chi connectivity index (χ2v) is 7.74. The number of hydrogen-bond acceptors (Lipinski definition) is 6. The largest absolute Gasteiger partial charge is 1.00 e. The molecule has 1 fully saturated rings.